The molecule has 0 atom stereocenters. The number of para-hydroxylation sites is 2. The minimum atomic E-state index is 0.563. The van der Waals surface area contributed by atoms with Gasteiger partial charge in [0.25, 0.3) is 0 Å². The van der Waals surface area contributed by atoms with Crippen LogP contribution in [0.1, 0.15) is 32.6 Å². The molecule has 0 radical (unpaired) electrons. The molecular formula is C14H19N3. The molecule has 3 heteroatoms. The van der Waals surface area contributed by atoms with E-state index in [1.807, 2.05) is 18.2 Å². The first kappa shape index (κ1) is 10.6. The van der Waals surface area contributed by atoms with Crippen LogP contribution in [0.15, 0.2) is 24.3 Å². The van der Waals surface area contributed by atoms with E-state index in [0.29, 0.717) is 5.41 Å². The summed E-state index contributed by atoms with van der Waals surface area (Å²) >= 11 is 0. The number of fused-ring (bicyclic) bond motifs is 1. The van der Waals surface area contributed by atoms with Crippen molar-refractivity contribution >= 4 is 17.0 Å². The van der Waals surface area contributed by atoms with E-state index in [2.05, 4.69) is 28.3 Å². The lowest BCUT2D eigenvalue weighted by molar-refractivity contribution is 0.484. The molecule has 2 aromatic rings. The van der Waals surface area contributed by atoms with Gasteiger partial charge < -0.3 is 10.3 Å². The fraction of sp³-hybridized carbons (Fsp3) is 0.500. The molecule has 0 saturated heterocycles. The molecule has 0 spiro atoms. The smallest absolute Gasteiger partial charge is 0.201 e. The summed E-state index contributed by atoms with van der Waals surface area (Å²) in [6.07, 6.45) is 5.35. The first-order valence-corrected chi connectivity index (χ1v) is 6.50. The van der Waals surface area contributed by atoms with Crippen LogP contribution in [0.25, 0.3) is 11.0 Å². The Morgan fingerprint density at radius 2 is 2.18 bits per heavy atom. The summed E-state index contributed by atoms with van der Waals surface area (Å²) in [5.41, 5.74) is 2.71. The number of aromatic nitrogens is 2. The van der Waals surface area contributed by atoms with Crippen molar-refractivity contribution in [2.45, 2.75) is 32.6 Å². The Labute approximate surface area is 102 Å². The maximum absolute atomic E-state index is 4.54. The molecule has 0 amide bonds. The summed E-state index contributed by atoms with van der Waals surface area (Å²) in [5.74, 6) is 0.911. The van der Waals surface area contributed by atoms with E-state index >= 15 is 0 Å². The van der Waals surface area contributed by atoms with Crippen molar-refractivity contribution in [2.24, 2.45) is 5.41 Å². The number of nitrogens with one attached hydrogen (secondary N) is 2. The minimum absolute atomic E-state index is 0.563. The third-order valence-electron chi connectivity index (χ3n) is 3.76. The molecule has 1 aromatic heterocycles. The molecule has 1 fully saturated rings. The number of hydrogen-bond acceptors (Lipinski definition) is 2. The number of H-pyrrole nitrogens is 1. The quantitative estimate of drug-likeness (QED) is 0.823. The molecule has 2 N–H and O–H groups in total. The Morgan fingerprint density at radius 3 is 2.88 bits per heavy atom. The van der Waals surface area contributed by atoms with Crippen molar-refractivity contribution in [3.05, 3.63) is 24.3 Å². The molecule has 1 aliphatic carbocycles. The minimum Gasteiger partial charge on any atom is -0.355 e. The fourth-order valence-electron chi connectivity index (χ4n) is 2.53. The molecular weight excluding hydrogens is 210 g/mol. The maximum atomic E-state index is 4.54. The number of benzene rings is 1. The van der Waals surface area contributed by atoms with Crippen LogP contribution >= 0.6 is 0 Å². The van der Waals surface area contributed by atoms with Crippen LogP contribution in [0, 0.1) is 5.41 Å². The second-order valence-corrected chi connectivity index (χ2v) is 5.21. The SMILES string of the molecule is CCCC1(CNc2nc3ccccc3[nH]2)CC1. The monoisotopic (exact) mass is 229 g/mol. The lowest BCUT2D eigenvalue weighted by Gasteiger charge is -2.13. The summed E-state index contributed by atoms with van der Waals surface area (Å²) in [6, 6.07) is 8.15. The molecule has 1 aromatic carbocycles. The molecule has 0 bridgehead atoms. The number of anilines is 1. The van der Waals surface area contributed by atoms with Gasteiger partial charge in [-0.05, 0) is 36.8 Å². The number of aromatic amines is 1. The van der Waals surface area contributed by atoms with Crippen LogP contribution in [0.5, 0.6) is 0 Å². The summed E-state index contributed by atoms with van der Waals surface area (Å²) in [6.45, 7) is 3.32. The molecule has 1 saturated carbocycles. The zero-order valence-electron chi connectivity index (χ0n) is 10.3. The van der Waals surface area contributed by atoms with E-state index in [-0.39, 0.29) is 0 Å². The van der Waals surface area contributed by atoms with Crippen LogP contribution in [0.2, 0.25) is 0 Å². The second-order valence-electron chi connectivity index (χ2n) is 5.21. The third kappa shape index (κ3) is 2.14. The van der Waals surface area contributed by atoms with Gasteiger partial charge in [-0.3, -0.25) is 0 Å². The molecule has 3 nitrogen and oxygen atoms in total. The predicted octanol–water partition coefficient (Wildman–Crippen LogP) is 3.56. The van der Waals surface area contributed by atoms with Gasteiger partial charge in [0.05, 0.1) is 11.0 Å². The average molecular weight is 229 g/mol. The zero-order valence-corrected chi connectivity index (χ0v) is 10.3. The van der Waals surface area contributed by atoms with Crippen LogP contribution in [0.4, 0.5) is 5.95 Å². The van der Waals surface area contributed by atoms with Crippen LogP contribution in [-0.2, 0) is 0 Å². The summed E-state index contributed by atoms with van der Waals surface area (Å²) in [5, 5.41) is 3.46. The highest BCUT2D eigenvalue weighted by molar-refractivity contribution is 5.77. The van der Waals surface area contributed by atoms with Crippen molar-refractivity contribution in [2.75, 3.05) is 11.9 Å². The third-order valence-corrected chi connectivity index (χ3v) is 3.76. The van der Waals surface area contributed by atoms with E-state index in [0.717, 1.165) is 23.5 Å². The lowest BCUT2D eigenvalue weighted by atomic mass is 10.0. The van der Waals surface area contributed by atoms with Gasteiger partial charge in [0.15, 0.2) is 0 Å². The van der Waals surface area contributed by atoms with Crippen LogP contribution in [0.3, 0.4) is 0 Å². The van der Waals surface area contributed by atoms with Gasteiger partial charge in [-0.2, -0.15) is 0 Å². The topological polar surface area (TPSA) is 40.7 Å². The first-order chi connectivity index (χ1) is 8.31. The number of hydrogen-bond donors (Lipinski definition) is 2. The summed E-state index contributed by atoms with van der Waals surface area (Å²) < 4.78 is 0. The highest BCUT2D eigenvalue weighted by Crippen LogP contribution is 2.49. The van der Waals surface area contributed by atoms with Crippen molar-refractivity contribution in [3.63, 3.8) is 0 Å². The van der Waals surface area contributed by atoms with Gasteiger partial charge >= 0.3 is 0 Å². The Hall–Kier alpha value is -1.51. The Morgan fingerprint density at radius 1 is 1.35 bits per heavy atom. The van der Waals surface area contributed by atoms with E-state index in [1.165, 1.54) is 25.7 Å². The van der Waals surface area contributed by atoms with Crippen LogP contribution < -0.4 is 5.32 Å². The van der Waals surface area contributed by atoms with Gasteiger partial charge in [0.1, 0.15) is 0 Å². The van der Waals surface area contributed by atoms with Crippen molar-refractivity contribution < 1.29 is 0 Å². The van der Waals surface area contributed by atoms with E-state index < -0.39 is 0 Å². The number of rotatable bonds is 5. The van der Waals surface area contributed by atoms with Gasteiger partial charge in [-0.1, -0.05) is 25.5 Å². The van der Waals surface area contributed by atoms with E-state index in [1.54, 1.807) is 0 Å². The lowest BCUT2D eigenvalue weighted by Crippen LogP contribution is -2.15. The van der Waals surface area contributed by atoms with Crippen molar-refractivity contribution in [1.29, 1.82) is 0 Å². The average Bonchev–Trinajstić information content (AvgIpc) is 2.98. The molecule has 1 heterocycles. The molecule has 1 aliphatic rings. The molecule has 90 valence electrons. The van der Waals surface area contributed by atoms with E-state index in [4.69, 9.17) is 0 Å². The number of imidazole rings is 1. The molecule has 3 rings (SSSR count). The summed E-state index contributed by atoms with van der Waals surface area (Å²) in [7, 11) is 0. The largest absolute Gasteiger partial charge is 0.355 e. The second kappa shape index (κ2) is 4.06. The van der Waals surface area contributed by atoms with Crippen LogP contribution in [-0.4, -0.2) is 16.5 Å². The normalized spacial score (nSPS) is 17.2. The molecule has 17 heavy (non-hydrogen) atoms. The Kier molecular flexibility index (Phi) is 2.54. The Balaban J connectivity index is 1.69. The summed E-state index contributed by atoms with van der Waals surface area (Å²) in [4.78, 5) is 7.85. The standard InChI is InChI=1S/C14H19N3/c1-2-7-14(8-9-14)10-15-13-16-11-5-3-4-6-12(11)17-13/h3-6H,2,7-10H2,1H3,(H2,15,16,17). The Bertz CT molecular complexity index is 478. The molecule has 0 unspecified atom stereocenters. The van der Waals surface area contributed by atoms with E-state index in [9.17, 15) is 0 Å². The number of nitrogens with zero attached hydrogens (tertiary/aromatic N) is 1. The zero-order chi connectivity index (χ0) is 11.7. The predicted molar refractivity (Wildman–Crippen MR) is 71.2 cm³/mol. The highest BCUT2D eigenvalue weighted by atomic mass is 15.1. The fourth-order valence-corrected chi connectivity index (χ4v) is 2.53. The van der Waals surface area contributed by atoms with Gasteiger partial charge in [0.2, 0.25) is 5.95 Å². The van der Waals surface area contributed by atoms with Gasteiger partial charge in [-0.15, -0.1) is 0 Å². The maximum Gasteiger partial charge on any atom is 0.201 e. The van der Waals surface area contributed by atoms with Gasteiger partial charge in [0, 0.05) is 6.54 Å². The van der Waals surface area contributed by atoms with Gasteiger partial charge in [-0.25, -0.2) is 4.98 Å². The van der Waals surface area contributed by atoms with Crippen molar-refractivity contribution in [3.8, 4) is 0 Å². The first-order valence-electron chi connectivity index (χ1n) is 6.50. The van der Waals surface area contributed by atoms with Crippen molar-refractivity contribution in [1.82, 2.24) is 9.97 Å². The molecule has 0 aliphatic heterocycles. The highest BCUT2D eigenvalue weighted by Gasteiger charge is 2.41.